The Kier molecular flexibility index (Phi) is 4.66. The molecule has 0 spiro atoms. The molecule has 0 aliphatic rings. The molecule has 0 unspecified atom stereocenters. The number of benzene rings is 1. The summed E-state index contributed by atoms with van der Waals surface area (Å²) in [7, 11) is 3.05. The van der Waals surface area contributed by atoms with Crippen molar-refractivity contribution in [3.05, 3.63) is 64.5 Å². The van der Waals surface area contributed by atoms with E-state index in [1.54, 1.807) is 30.0 Å². The number of pyridine rings is 1. The van der Waals surface area contributed by atoms with Crippen molar-refractivity contribution in [1.29, 1.82) is 0 Å². The summed E-state index contributed by atoms with van der Waals surface area (Å²) in [5.74, 6) is -0.248. The molecule has 0 aliphatic heterocycles. The lowest BCUT2D eigenvalue weighted by atomic mass is 10.2. The van der Waals surface area contributed by atoms with Crippen molar-refractivity contribution in [3.8, 4) is 5.75 Å². The molecule has 6 heteroatoms. The van der Waals surface area contributed by atoms with Crippen LogP contribution in [0.25, 0.3) is 10.9 Å². The minimum absolute atomic E-state index is 0.107. The molecule has 2 heterocycles. The van der Waals surface area contributed by atoms with Crippen molar-refractivity contribution < 1.29 is 13.9 Å². The Morgan fingerprint density at radius 1 is 1.08 bits per heavy atom. The fourth-order valence-electron chi connectivity index (χ4n) is 2.75. The first kappa shape index (κ1) is 16.3. The predicted octanol–water partition coefficient (Wildman–Crippen LogP) is 2.65. The highest BCUT2D eigenvalue weighted by atomic mass is 19.1. The monoisotopic (exact) mass is 330 g/mol. The molecule has 126 valence electrons. The summed E-state index contributed by atoms with van der Waals surface area (Å²) in [6, 6.07) is 8.50. The van der Waals surface area contributed by atoms with Crippen LogP contribution in [-0.2, 0) is 17.8 Å². The number of halogens is 1. The van der Waals surface area contributed by atoms with E-state index in [9.17, 15) is 9.18 Å². The number of fused-ring (bicyclic) bond motifs is 1. The Morgan fingerprint density at radius 2 is 1.83 bits per heavy atom. The summed E-state index contributed by atoms with van der Waals surface area (Å²) < 4.78 is 27.3. The van der Waals surface area contributed by atoms with Crippen molar-refractivity contribution in [3.63, 3.8) is 0 Å². The van der Waals surface area contributed by atoms with Crippen molar-refractivity contribution in [2.24, 2.45) is 0 Å². The van der Waals surface area contributed by atoms with E-state index in [1.807, 2.05) is 22.9 Å². The molecule has 0 saturated carbocycles. The van der Waals surface area contributed by atoms with Gasteiger partial charge in [0.15, 0.2) is 11.6 Å². The Labute approximate surface area is 138 Å². The van der Waals surface area contributed by atoms with E-state index < -0.39 is 5.82 Å². The molecule has 5 nitrogen and oxygen atoms in total. The number of nitrogens with zero attached hydrogens (tertiary/aromatic N) is 2. The maximum Gasteiger partial charge on any atom is 0.275 e. The SMILES string of the molecule is COCCn1ccc2ccn(Cc3ccc(OC)c(F)c3)c(=O)c21. The fraction of sp³-hybridized carbons (Fsp3) is 0.278. The zero-order chi connectivity index (χ0) is 17.1. The van der Waals surface area contributed by atoms with Crippen molar-refractivity contribution >= 4 is 10.9 Å². The Bertz CT molecular complexity index is 914. The summed E-state index contributed by atoms with van der Waals surface area (Å²) in [4.78, 5) is 12.8. The molecule has 0 atom stereocenters. The molecular weight excluding hydrogens is 311 g/mol. The second-order valence-corrected chi connectivity index (χ2v) is 5.52. The van der Waals surface area contributed by atoms with Crippen molar-refractivity contribution in [1.82, 2.24) is 9.13 Å². The first-order valence-corrected chi connectivity index (χ1v) is 7.63. The van der Waals surface area contributed by atoms with E-state index in [2.05, 4.69) is 0 Å². The van der Waals surface area contributed by atoms with Crippen LogP contribution in [0.3, 0.4) is 0 Å². The van der Waals surface area contributed by atoms with Gasteiger partial charge in [0.2, 0.25) is 0 Å². The highest BCUT2D eigenvalue weighted by Gasteiger charge is 2.10. The summed E-state index contributed by atoms with van der Waals surface area (Å²) in [5, 5.41) is 0.883. The van der Waals surface area contributed by atoms with Gasteiger partial charge in [0, 0.05) is 31.4 Å². The normalized spacial score (nSPS) is 11.1. The zero-order valence-electron chi connectivity index (χ0n) is 13.7. The Morgan fingerprint density at radius 3 is 2.50 bits per heavy atom. The minimum atomic E-state index is -0.437. The number of aromatic nitrogens is 2. The summed E-state index contributed by atoms with van der Waals surface area (Å²) in [6.45, 7) is 1.43. The molecule has 0 saturated heterocycles. The van der Waals surface area contributed by atoms with E-state index in [4.69, 9.17) is 9.47 Å². The average Bonchev–Trinajstić information content (AvgIpc) is 2.99. The van der Waals surface area contributed by atoms with Gasteiger partial charge in [-0.3, -0.25) is 4.79 Å². The first-order valence-electron chi connectivity index (χ1n) is 7.63. The summed E-state index contributed by atoms with van der Waals surface area (Å²) in [6.07, 6.45) is 3.61. The molecule has 0 aliphatic carbocycles. The smallest absolute Gasteiger partial charge is 0.275 e. The summed E-state index contributed by atoms with van der Waals surface area (Å²) in [5.41, 5.74) is 1.22. The third kappa shape index (κ3) is 3.05. The topological polar surface area (TPSA) is 45.4 Å². The van der Waals surface area contributed by atoms with Gasteiger partial charge in [0.1, 0.15) is 5.52 Å². The fourth-order valence-corrected chi connectivity index (χ4v) is 2.75. The van der Waals surface area contributed by atoms with Gasteiger partial charge in [0.25, 0.3) is 5.56 Å². The van der Waals surface area contributed by atoms with Crippen LogP contribution in [0.2, 0.25) is 0 Å². The highest BCUT2D eigenvalue weighted by molar-refractivity contribution is 5.78. The molecule has 0 N–H and O–H groups in total. The van der Waals surface area contributed by atoms with Crippen LogP contribution in [0.5, 0.6) is 5.75 Å². The van der Waals surface area contributed by atoms with Crippen molar-refractivity contribution in [2.45, 2.75) is 13.1 Å². The molecule has 1 aromatic carbocycles. The van der Waals surface area contributed by atoms with E-state index in [0.29, 0.717) is 30.8 Å². The number of ether oxygens (including phenoxy) is 2. The standard InChI is InChI=1S/C18H19FN2O3/c1-23-10-9-20-7-5-14-6-8-21(18(22)17(14)20)12-13-3-4-16(24-2)15(19)11-13/h3-8,11H,9-10,12H2,1-2H3. The number of hydrogen-bond donors (Lipinski definition) is 0. The lowest BCUT2D eigenvalue weighted by molar-refractivity contribution is 0.188. The van der Waals surface area contributed by atoms with Gasteiger partial charge in [0.05, 0.1) is 20.3 Å². The Balaban J connectivity index is 1.96. The Hall–Kier alpha value is -2.60. The maximum absolute atomic E-state index is 13.8. The molecule has 0 radical (unpaired) electrons. The molecular formula is C18H19FN2O3. The van der Waals surface area contributed by atoms with Crippen LogP contribution in [0.1, 0.15) is 5.56 Å². The molecule has 3 rings (SSSR count). The zero-order valence-corrected chi connectivity index (χ0v) is 13.7. The second kappa shape index (κ2) is 6.88. The predicted molar refractivity (Wildman–Crippen MR) is 90.1 cm³/mol. The lowest BCUT2D eigenvalue weighted by Gasteiger charge is -2.10. The average molecular weight is 330 g/mol. The third-order valence-corrected chi connectivity index (χ3v) is 4.00. The van der Waals surface area contributed by atoms with Crippen LogP contribution < -0.4 is 10.3 Å². The van der Waals surface area contributed by atoms with Gasteiger partial charge in [-0.1, -0.05) is 6.07 Å². The number of methoxy groups -OCH3 is 2. The van der Waals surface area contributed by atoms with Gasteiger partial charge < -0.3 is 18.6 Å². The molecule has 0 bridgehead atoms. The number of hydrogen-bond acceptors (Lipinski definition) is 3. The van der Waals surface area contributed by atoms with E-state index in [0.717, 1.165) is 5.39 Å². The van der Waals surface area contributed by atoms with E-state index in [-0.39, 0.29) is 11.3 Å². The van der Waals surface area contributed by atoms with Crippen LogP contribution in [0.4, 0.5) is 4.39 Å². The largest absolute Gasteiger partial charge is 0.494 e. The van der Waals surface area contributed by atoms with Gasteiger partial charge in [-0.05, 0) is 29.8 Å². The van der Waals surface area contributed by atoms with Crippen LogP contribution in [0.15, 0.2) is 47.5 Å². The molecule has 3 aromatic rings. The van der Waals surface area contributed by atoms with E-state index >= 15 is 0 Å². The second-order valence-electron chi connectivity index (χ2n) is 5.52. The van der Waals surface area contributed by atoms with Crippen LogP contribution in [0, 0.1) is 5.82 Å². The van der Waals surface area contributed by atoms with Gasteiger partial charge in [-0.2, -0.15) is 0 Å². The highest BCUT2D eigenvalue weighted by Crippen LogP contribution is 2.18. The molecule has 24 heavy (non-hydrogen) atoms. The van der Waals surface area contributed by atoms with Gasteiger partial charge in [-0.25, -0.2) is 4.39 Å². The molecule has 2 aromatic heterocycles. The summed E-state index contributed by atoms with van der Waals surface area (Å²) >= 11 is 0. The molecule has 0 amide bonds. The van der Waals surface area contributed by atoms with Gasteiger partial charge in [-0.15, -0.1) is 0 Å². The minimum Gasteiger partial charge on any atom is -0.494 e. The molecule has 0 fully saturated rings. The van der Waals surface area contributed by atoms with E-state index in [1.165, 1.54) is 13.2 Å². The van der Waals surface area contributed by atoms with Crippen molar-refractivity contribution in [2.75, 3.05) is 20.8 Å². The van der Waals surface area contributed by atoms with Crippen LogP contribution in [-0.4, -0.2) is 30.0 Å². The first-order chi connectivity index (χ1) is 11.6. The van der Waals surface area contributed by atoms with Gasteiger partial charge >= 0.3 is 0 Å². The quantitative estimate of drug-likeness (QED) is 0.698. The lowest BCUT2D eigenvalue weighted by Crippen LogP contribution is -2.22. The van der Waals surface area contributed by atoms with Crippen LogP contribution >= 0.6 is 0 Å². The number of rotatable bonds is 6. The maximum atomic E-state index is 13.8. The third-order valence-electron chi connectivity index (χ3n) is 4.00.